The summed E-state index contributed by atoms with van der Waals surface area (Å²) in [5, 5.41) is 13.3. The molecule has 0 aliphatic carbocycles. The molecule has 0 aromatic heterocycles. The minimum absolute atomic E-state index is 0.0623. The van der Waals surface area contributed by atoms with Gasteiger partial charge in [0.25, 0.3) is 5.69 Å². The fourth-order valence-corrected chi connectivity index (χ4v) is 1.69. The molecule has 0 aliphatic heterocycles. The third kappa shape index (κ3) is 4.51. The highest BCUT2D eigenvalue weighted by molar-refractivity contribution is 5.89. The Bertz CT molecular complexity index is 502. The van der Waals surface area contributed by atoms with E-state index in [-0.39, 0.29) is 17.1 Å². The molecule has 1 aromatic rings. The Morgan fingerprint density at radius 3 is 2.70 bits per heavy atom. The number of benzene rings is 1. The smallest absolute Gasteiger partial charge is 0.321 e. The number of nitro benzene ring substituents is 1. The van der Waals surface area contributed by atoms with E-state index >= 15 is 0 Å². The molecule has 3 N–H and O–H groups in total. The quantitative estimate of drug-likeness (QED) is 0.636. The van der Waals surface area contributed by atoms with Crippen molar-refractivity contribution in [3.05, 3.63) is 34.4 Å². The molecule has 0 radical (unpaired) electrons. The normalized spacial score (nSPS) is 11.0. The van der Waals surface area contributed by atoms with Crippen LogP contribution in [-0.4, -0.2) is 36.0 Å². The minimum Gasteiger partial charge on any atom is -0.330 e. The summed E-state index contributed by atoms with van der Waals surface area (Å²) in [6, 6.07) is 5.49. The largest absolute Gasteiger partial charge is 0.330 e. The second-order valence-electron chi connectivity index (χ2n) is 5.46. The van der Waals surface area contributed by atoms with E-state index in [1.807, 2.05) is 13.8 Å². The van der Waals surface area contributed by atoms with Gasteiger partial charge in [-0.25, -0.2) is 4.79 Å². The molecule has 20 heavy (non-hydrogen) atoms. The van der Waals surface area contributed by atoms with E-state index in [4.69, 9.17) is 5.73 Å². The van der Waals surface area contributed by atoms with Crippen LogP contribution in [0.1, 0.15) is 13.8 Å². The van der Waals surface area contributed by atoms with E-state index in [1.54, 1.807) is 13.1 Å². The average Bonchev–Trinajstić information content (AvgIpc) is 2.38. The molecule has 0 unspecified atom stereocenters. The van der Waals surface area contributed by atoms with Gasteiger partial charge in [0, 0.05) is 31.4 Å². The van der Waals surface area contributed by atoms with Gasteiger partial charge in [0.2, 0.25) is 0 Å². The number of non-ortho nitro benzene ring substituents is 1. The summed E-state index contributed by atoms with van der Waals surface area (Å²) >= 11 is 0. The fourth-order valence-electron chi connectivity index (χ4n) is 1.69. The number of nitro groups is 1. The highest BCUT2D eigenvalue weighted by atomic mass is 16.6. The molecule has 7 heteroatoms. The van der Waals surface area contributed by atoms with Crippen molar-refractivity contribution in [1.29, 1.82) is 0 Å². The SMILES string of the molecule is CN(CC(C)(C)CN)C(=O)Nc1cccc([N+](=O)[O-])c1. The number of carbonyl (C=O) groups is 1. The van der Waals surface area contributed by atoms with Crippen LogP contribution in [-0.2, 0) is 0 Å². The maximum atomic E-state index is 12.0. The van der Waals surface area contributed by atoms with Gasteiger partial charge in [0.1, 0.15) is 0 Å². The lowest BCUT2D eigenvalue weighted by molar-refractivity contribution is -0.384. The fraction of sp³-hybridized carbons (Fsp3) is 0.462. The third-order valence-electron chi connectivity index (χ3n) is 2.87. The summed E-state index contributed by atoms with van der Waals surface area (Å²) in [4.78, 5) is 23.7. The molecule has 110 valence electrons. The van der Waals surface area contributed by atoms with Gasteiger partial charge in [-0.2, -0.15) is 0 Å². The molecule has 0 saturated heterocycles. The number of nitrogens with one attached hydrogen (secondary N) is 1. The summed E-state index contributed by atoms with van der Waals surface area (Å²) < 4.78 is 0. The predicted octanol–water partition coefficient (Wildman–Crippen LogP) is 2.04. The van der Waals surface area contributed by atoms with Crippen LogP contribution in [0, 0.1) is 15.5 Å². The number of hydrogen-bond donors (Lipinski definition) is 2. The number of nitrogens with zero attached hydrogens (tertiary/aromatic N) is 2. The first-order valence-corrected chi connectivity index (χ1v) is 6.22. The van der Waals surface area contributed by atoms with Crippen LogP contribution in [0.3, 0.4) is 0 Å². The molecule has 0 fully saturated rings. The van der Waals surface area contributed by atoms with Crippen molar-refractivity contribution in [2.75, 3.05) is 25.5 Å². The number of hydrogen-bond acceptors (Lipinski definition) is 4. The summed E-state index contributed by atoms with van der Waals surface area (Å²) in [7, 11) is 1.66. The maximum Gasteiger partial charge on any atom is 0.321 e. The Hall–Kier alpha value is -2.15. The van der Waals surface area contributed by atoms with Crippen molar-refractivity contribution in [2.24, 2.45) is 11.1 Å². The second kappa shape index (κ2) is 6.33. The number of nitrogens with two attached hydrogens (primary N) is 1. The van der Waals surface area contributed by atoms with Gasteiger partial charge in [0.05, 0.1) is 4.92 Å². The van der Waals surface area contributed by atoms with Gasteiger partial charge >= 0.3 is 6.03 Å². The Balaban J connectivity index is 2.71. The van der Waals surface area contributed by atoms with Crippen LogP contribution in [0.15, 0.2) is 24.3 Å². The van der Waals surface area contributed by atoms with Crippen LogP contribution < -0.4 is 11.1 Å². The molecule has 0 bridgehead atoms. The zero-order valence-electron chi connectivity index (χ0n) is 11.9. The minimum atomic E-state index is -0.503. The first kappa shape index (κ1) is 15.9. The van der Waals surface area contributed by atoms with Crippen molar-refractivity contribution < 1.29 is 9.72 Å². The van der Waals surface area contributed by atoms with Crippen molar-refractivity contribution in [3.63, 3.8) is 0 Å². The average molecular weight is 280 g/mol. The van der Waals surface area contributed by atoms with E-state index < -0.39 is 4.92 Å². The van der Waals surface area contributed by atoms with E-state index in [1.165, 1.54) is 23.1 Å². The highest BCUT2D eigenvalue weighted by Crippen LogP contribution is 2.18. The molecule has 0 aliphatic rings. The predicted molar refractivity (Wildman–Crippen MR) is 77.6 cm³/mol. The highest BCUT2D eigenvalue weighted by Gasteiger charge is 2.21. The van der Waals surface area contributed by atoms with E-state index in [0.29, 0.717) is 18.8 Å². The zero-order chi connectivity index (χ0) is 15.3. The molecule has 2 amide bonds. The summed E-state index contributed by atoms with van der Waals surface area (Å²) in [5.74, 6) is 0. The number of anilines is 1. The number of urea groups is 1. The first-order chi connectivity index (χ1) is 9.25. The molecular weight excluding hydrogens is 260 g/mol. The van der Waals surface area contributed by atoms with E-state index in [2.05, 4.69) is 5.32 Å². The van der Waals surface area contributed by atoms with Crippen molar-refractivity contribution >= 4 is 17.4 Å². The lowest BCUT2D eigenvalue weighted by atomic mass is 9.93. The standard InChI is InChI=1S/C13H20N4O3/c1-13(2,8-14)9-16(3)12(18)15-10-5-4-6-11(7-10)17(19)20/h4-7H,8-9,14H2,1-3H3,(H,15,18). The molecule has 0 atom stereocenters. The van der Waals surface area contributed by atoms with Crippen LogP contribution in [0.2, 0.25) is 0 Å². The topological polar surface area (TPSA) is 102 Å². The molecule has 1 aromatic carbocycles. The monoisotopic (exact) mass is 280 g/mol. The van der Waals surface area contributed by atoms with Crippen LogP contribution >= 0.6 is 0 Å². The van der Waals surface area contributed by atoms with Crippen molar-refractivity contribution in [2.45, 2.75) is 13.8 Å². The Labute approximate surface area is 117 Å². The molecular formula is C13H20N4O3. The molecule has 0 heterocycles. The van der Waals surface area contributed by atoms with Gasteiger partial charge in [-0.3, -0.25) is 10.1 Å². The molecule has 0 spiro atoms. The lowest BCUT2D eigenvalue weighted by Crippen LogP contribution is -2.41. The Morgan fingerprint density at radius 2 is 2.15 bits per heavy atom. The van der Waals surface area contributed by atoms with Gasteiger partial charge in [-0.15, -0.1) is 0 Å². The molecule has 1 rings (SSSR count). The van der Waals surface area contributed by atoms with Crippen LogP contribution in [0.4, 0.5) is 16.2 Å². The number of amides is 2. The van der Waals surface area contributed by atoms with Gasteiger partial charge in [0.15, 0.2) is 0 Å². The number of carbonyl (C=O) groups excluding carboxylic acids is 1. The Kier molecular flexibility index (Phi) is 5.04. The zero-order valence-corrected chi connectivity index (χ0v) is 11.9. The van der Waals surface area contributed by atoms with E-state index in [0.717, 1.165) is 0 Å². The van der Waals surface area contributed by atoms with Gasteiger partial charge in [-0.1, -0.05) is 19.9 Å². The van der Waals surface area contributed by atoms with Crippen LogP contribution in [0.5, 0.6) is 0 Å². The summed E-state index contributed by atoms with van der Waals surface area (Å²) in [6.07, 6.45) is 0. The van der Waals surface area contributed by atoms with Crippen molar-refractivity contribution in [1.82, 2.24) is 4.90 Å². The third-order valence-corrected chi connectivity index (χ3v) is 2.87. The molecule has 7 nitrogen and oxygen atoms in total. The first-order valence-electron chi connectivity index (χ1n) is 6.22. The molecule has 0 saturated carbocycles. The lowest BCUT2D eigenvalue weighted by Gasteiger charge is -2.29. The van der Waals surface area contributed by atoms with Gasteiger partial charge < -0.3 is 16.0 Å². The number of rotatable bonds is 5. The second-order valence-corrected chi connectivity index (χ2v) is 5.46. The maximum absolute atomic E-state index is 12.0. The summed E-state index contributed by atoms with van der Waals surface area (Å²) in [6.45, 7) is 4.87. The van der Waals surface area contributed by atoms with Gasteiger partial charge in [-0.05, 0) is 18.0 Å². The van der Waals surface area contributed by atoms with E-state index in [9.17, 15) is 14.9 Å². The van der Waals surface area contributed by atoms with Crippen LogP contribution in [0.25, 0.3) is 0 Å². The van der Waals surface area contributed by atoms with Crippen molar-refractivity contribution in [3.8, 4) is 0 Å². The summed E-state index contributed by atoms with van der Waals surface area (Å²) in [5.41, 5.74) is 5.77. The Morgan fingerprint density at radius 1 is 1.50 bits per heavy atom.